The van der Waals surface area contributed by atoms with Gasteiger partial charge >= 0.3 is 0 Å². The third kappa shape index (κ3) is 2.62. The van der Waals surface area contributed by atoms with Crippen molar-refractivity contribution in [2.75, 3.05) is 0 Å². The molecular weight excluding hydrogens is 242 g/mol. The Morgan fingerprint density at radius 1 is 1.44 bits per heavy atom. The van der Waals surface area contributed by atoms with Crippen LogP contribution in [0, 0.1) is 10.1 Å². The summed E-state index contributed by atoms with van der Waals surface area (Å²) in [6.45, 7) is 0. The molecule has 1 aromatic rings. The topological polar surface area (TPSA) is 43.1 Å². The van der Waals surface area contributed by atoms with Gasteiger partial charge in [0.15, 0.2) is 0 Å². The zero-order chi connectivity index (χ0) is 11.4. The molecule has 0 bridgehead atoms. The molecule has 0 unspecified atom stereocenters. The zero-order valence-corrected chi connectivity index (χ0v) is 9.96. The summed E-state index contributed by atoms with van der Waals surface area (Å²) in [5.41, 5.74) is 0.267. The van der Waals surface area contributed by atoms with Crippen molar-refractivity contribution in [2.45, 2.75) is 10.6 Å². The number of hydrogen-bond acceptors (Lipinski definition) is 4. The van der Waals surface area contributed by atoms with Crippen molar-refractivity contribution in [3.63, 3.8) is 0 Å². The minimum atomic E-state index is -0.296. The number of nitrogens with zero attached hydrogens (tertiary/aromatic N) is 1. The summed E-state index contributed by atoms with van der Waals surface area (Å²) < 4.78 is 1.07. The fourth-order valence-electron chi connectivity index (χ4n) is 1.29. The first-order valence-corrected chi connectivity index (χ1v) is 6.39. The number of hydrogen-bond donors (Lipinski definition) is 0. The molecule has 0 amide bonds. The van der Waals surface area contributed by atoms with E-state index in [1.165, 1.54) is 11.8 Å². The van der Waals surface area contributed by atoms with Gasteiger partial charge in [-0.1, -0.05) is 36.1 Å². The van der Waals surface area contributed by atoms with Crippen LogP contribution in [0.3, 0.4) is 0 Å². The van der Waals surface area contributed by atoms with Gasteiger partial charge in [0.05, 0.1) is 20.5 Å². The van der Waals surface area contributed by atoms with E-state index in [0.717, 1.165) is 9.11 Å². The standard InChI is InChI=1S/C11H9NO2S2/c13-12(14)9-5-2-1-3-6-10(9)16-11-7-4-8-15-11/h1-4,6-8H,5H2. The van der Waals surface area contributed by atoms with Gasteiger partial charge in [0.1, 0.15) is 0 Å². The predicted molar refractivity (Wildman–Crippen MR) is 67.1 cm³/mol. The van der Waals surface area contributed by atoms with Crippen molar-refractivity contribution >= 4 is 23.1 Å². The minimum absolute atomic E-state index is 0.267. The molecule has 0 saturated carbocycles. The van der Waals surface area contributed by atoms with Crippen LogP contribution >= 0.6 is 23.1 Å². The Labute approximate surface area is 101 Å². The summed E-state index contributed by atoms with van der Waals surface area (Å²) in [4.78, 5) is 11.3. The molecule has 1 heterocycles. The van der Waals surface area contributed by atoms with Gasteiger partial charge in [-0.2, -0.15) is 0 Å². The number of nitro groups is 1. The van der Waals surface area contributed by atoms with E-state index in [2.05, 4.69) is 0 Å². The first-order chi connectivity index (χ1) is 7.77. The number of thioether (sulfide) groups is 1. The normalized spacial score (nSPS) is 15.2. The summed E-state index contributed by atoms with van der Waals surface area (Å²) in [6, 6.07) is 3.91. The summed E-state index contributed by atoms with van der Waals surface area (Å²) >= 11 is 3.04. The maximum Gasteiger partial charge on any atom is 0.263 e. The number of thiophene rings is 1. The third-order valence-corrected chi connectivity index (χ3v) is 4.15. The summed E-state index contributed by atoms with van der Waals surface area (Å²) in [5.74, 6) is 0. The zero-order valence-electron chi connectivity index (χ0n) is 8.33. The predicted octanol–water partition coefficient (Wildman–Crippen LogP) is 3.84. The quantitative estimate of drug-likeness (QED) is 0.605. The molecule has 0 atom stereocenters. The highest BCUT2D eigenvalue weighted by Crippen LogP contribution is 2.34. The van der Waals surface area contributed by atoms with E-state index in [9.17, 15) is 10.1 Å². The van der Waals surface area contributed by atoms with E-state index in [1.807, 2.05) is 29.7 Å². The van der Waals surface area contributed by atoms with E-state index in [4.69, 9.17) is 0 Å². The van der Waals surface area contributed by atoms with Crippen molar-refractivity contribution < 1.29 is 4.92 Å². The summed E-state index contributed by atoms with van der Waals surface area (Å²) in [6.07, 6.45) is 7.66. The van der Waals surface area contributed by atoms with Crippen LogP contribution in [0.4, 0.5) is 0 Å². The average molecular weight is 251 g/mol. The van der Waals surface area contributed by atoms with Gasteiger partial charge in [-0.15, -0.1) is 11.3 Å². The largest absolute Gasteiger partial charge is 0.263 e. The van der Waals surface area contributed by atoms with E-state index in [-0.39, 0.29) is 10.6 Å². The van der Waals surface area contributed by atoms with Crippen molar-refractivity contribution in [1.82, 2.24) is 0 Å². The lowest BCUT2D eigenvalue weighted by molar-refractivity contribution is -0.427. The molecule has 0 N–H and O–H groups in total. The lowest BCUT2D eigenvalue weighted by Crippen LogP contribution is -1.99. The monoisotopic (exact) mass is 251 g/mol. The molecule has 3 nitrogen and oxygen atoms in total. The smallest absolute Gasteiger partial charge is 0.259 e. The van der Waals surface area contributed by atoms with Crippen LogP contribution < -0.4 is 0 Å². The lowest BCUT2D eigenvalue weighted by atomic mass is 10.3. The number of allylic oxidation sites excluding steroid dienone is 4. The fraction of sp³-hybridized carbons (Fsp3) is 0.0909. The third-order valence-electron chi connectivity index (χ3n) is 2.02. The van der Waals surface area contributed by atoms with Crippen molar-refractivity contribution in [3.8, 4) is 0 Å². The van der Waals surface area contributed by atoms with Gasteiger partial charge in [-0.3, -0.25) is 10.1 Å². The molecule has 16 heavy (non-hydrogen) atoms. The average Bonchev–Trinajstić information content (AvgIpc) is 2.63. The second-order valence-electron chi connectivity index (χ2n) is 3.09. The molecule has 5 heteroatoms. The molecule has 1 aliphatic rings. The van der Waals surface area contributed by atoms with Gasteiger partial charge in [0, 0.05) is 0 Å². The lowest BCUT2D eigenvalue weighted by Gasteiger charge is -2.00. The Morgan fingerprint density at radius 2 is 2.31 bits per heavy atom. The van der Waals surface area contributed by atoms with Crippen LogP contribution in [-0.2, 0) is 0 Å². The first kappa shape index (κ1) is 11.2. The molecule has 0 aromatic carbocycles. The van der Waals surface area contributed by atoms with Crippen LogP contribution in [0.15, 0.2) is 56.6 Å². The molecule has 1 aliphatic carbocycles. The Hall–Kier alpha value is -1.33. The summed E-state index contributed by atoms with van der Waals surface area (Å²) in [5, 5.41) is 12.9. The van der Waals surface area contributed by atoms with Crippen molar-refractivity contribution in [1.29, 1.82) is 0 Å². The van der Waals surface area contributed by atoms with Crippen molar-refractivity contribution in [3.05, 3.63) is 62.5 Å². The molecular formula is C11H9NO2S2. The summed E-state index contributed by atoms with van der Waals surface area (Å²) in [7, 11) is 0. The van der Waals surface area contributed by atoms with E-state index >= 15 is 0 Å². The Morgan fingerprint density at radius 3 is 3.00 bits per heavy atom. The van der Waals surface area contributed by atoms with Gasteiger partial charge in [-0.25, -0.2) is 0 Å². The molecule has 82 valence electrons. The molecule has 2 rings (SSSR count). The molecule has 0 spiro atoms. The second kappa shape index (κ2) is 5.14. The highest BCUT2D eigenvalue weighted by atomic mass is 32.2. The van der Waals surface area contributed by atoms with Crippen LogP contribution in [0.2, 0.25) is 0 Å². The van der Waals surface area contributed by atoms with E-state index < -0.39 is 0 Å². The molecule has 0 aliphatic heterocycles. The number of rotatable bonds is 3. The Kier molecular flexibility index (Phi) is 3.58. The Bertz CT molecular complexity index is 472. The minimum Gasteiger partial charge on any atom is -0.259 e. The van der Waals surface area contributed by atoms with Crippen LogP contribution in [0.1, 0.15) is 6.42 Å². The molecule has 1 aromatic heterocycles. The van der Waals surface area contributed by atoms with E-state index in [0.29, 0.717) is 6.42 Å². The van der Waals surface area contributed by atoms with Crippen LogP contribution in [0.5, 0.6) is 0 Å². The highest BCUT2D eigenvalue weighted by molar-refractivity contribution is 8.05. The van der Waals surface area contributed by atoms with E-state index in [1.54, 1.807) is 23.5 Å². The fourth-order valence-corrected chi connectivity index (χ4v) is 3.15. The van der Waals surface area contributed by atoms with Gasteiger partial charge < -0.3 is 0 Å². The van der Waals surface area contributed by atoms with Gasteiger partial charge in [-0.05, 0) is 17.5 Å². The van der Waals surface area contributed by atoms with Crippen LogP contribution in [-0.4, -0.2) is 4.92 Å². The first-order valence-electron chi connectivity index (χ1n) is 4.69. The van der Waals surface area contributed by atoms with Gasteiger partial charge in [0.25, 0.3) is 5.70 Å². The van der Waals surface area contributed by atoms with Crippen LogP contribution in [0.25, 0.3) is 0 Å². The molecule has 0 saturated heterocycles. The van der Waals surface area contributed by atoms with Gasteiger partial charge in [0.2, 0.25) is 0 Å². The SMILES string of the molecule is O=[N+]([O-])C1=C(Sc2cccs2)C=CC=CC1. The second-order valence-corrected chi connectivity index (χ2v) is 5.38. The molecule has 0 radical (unpaired) electrons. The van der Waals surface area contributed by atoms with Crippen molar-refractivity contribution in [2.24, 2.45) is 0 Å². The molecule has 0 fully saturated rings. The Balaban J connectivity index is 2.30. The highest BCUT2D eigenvalue weighted by Gasteiger charge is 2.17. The maximum absolute atomic E-state index is 10.9. The maximum atomic E-state index is 10.9.